The summed E-state index contributed by atoms with van der Waals surface area (Å²) in [7, 11) is 0. The molecule has 0 aliphatic rings. The fraction of sp³-hybridized carbons (Fsp3) is 0.200. The number of aryl methyl sites for hydroxylation is 1. The summed E-state index contributed by atoms with van der Waals surface area (Å²) in [5.41, 5.74) is 2.59. The number of carbonyl (C=O) groups is 1. The van der Waals surface area contributed by atoms with Crippen LogP contribution in [-0.4, -0.2) is 22.1 Å². The van der Waals surface area contributed by atoms with Crippen molar-refractivity contribution in [3.05, 3.63) is 70.2 Å². The van der Waals surface area contributed by atoms with Crippen LogP contribution < -0.4 is 10.1 Å². The summed E-state index contributed by atoms with van der Waals surface area (Å²) in [5, 5.41) is 3.62. The molecule has 1 amide bonds. The normalized spacial score (nSPS) is 10.6. The molecular formula is C20H20ClN3O2S. The Morgan fingerprint density at radius 2 is 2.15 bits per heavy atom. The van der Waals surface area contributed by atoms with Crippen molar-refractivity contribution in [1.29, 1.82) is 0 Å². The Labute approximate surface area is 167 Å². The van der Waals surface area contributed by atoms with E-state index in [1.807, 2.05) is 60.2 Å². The molecule has 0 unspecified atom stereocenters. The van der Waals surface area contributed by atoms with Crippen LogP contribution in [0.5, 0.6) is 5.75 Å². The molecule has 0 fully saturated rings. The molecule has 0 saturated heterocycles. The number of amides is 1. The lowest BCUT2D eigenvalue weighted by atomic mass is 10.2. The highest BCUT2D eigenvalue weighted by Crippen LogP contribution is 2.21. The lowest BCUT2D eigenvalue weighted by Gasteiger charge is -2.09. The zero-order valence-electron chi connectivity index (χ0n) is 14.9. The first kappa shape index (κ1) is 19.2. The van der Waals surface area contributed by atoms with E-state index in [1.165, 1.54) is 0 Å². The summed E-state index contributed by atoms with van der Waals surface area (Å²) in [6.45, 7) is 2.39. The molecule has 1 aromatic heterocycles. The minimum absolute atomic E-state index is 0.0549. The van der Waals surface area contributed by atoms with E-state index in [4.69, 9.17) is 28.6 Å². The van der Waals surface area contributed by atoms with E-state index in [0.29, 0.717) is 29.2 Å². The second kappa shape index (κ2) is 8.88. The third kappa shape index (κ3) is 5.21. The van der Waals surface area contributed by atoms with Crippen molar-refractivity contribution in [3.63, 3.8) is 0 Å². The highest BCUT2D eigenvalue weighted by Gasteiger charge is 2.05. The maximum atomic E-state index is 12.2. The SMILES string of the molecule is Cc1cc(OCCCC(=O)Nc2cccc(-n3cc[nH]c3=S)c2)ccc1Cl. The Kier molecular flexibility index (Phi) is 6.32. The number of H-pyrrole nitrogens is 1. The lowest BCUT2D eigenvalue weighted by molar-refractivity contribution is -0.116. The van der Waals surface area contributed by atoms with Gasteiger partial charge in [0.05, 0.1) is 6.61 Å². The number of imidazole rings is 1. The maximum Gasteiger partial charge on any atom is 0.224 e. The predicted octanol–water partition coefficient (Wildman–Crippen LogP) is 5.29. The molecule has 2 N–H and O–H groups in total. The number of benzene rings is 2. The number of rotatable bonds is 7. The molecule has 3 rings (SSSR count). The van der Waals surface area contributed by atoms with Gasteiger partial charge in [-0.25, -0.2) is 0 Å². The fourth-order valence-corrected chi connectivity index (χ4v) is 2.96. The predicted molar refractivity (Wildman–Crippen MR) is 111 cm³/mol. The van der Waals surface area contributed by atoms with Crippen molar-refractivity contribution >= 4 is 35.4 Å². The Morgan fingerprint density at radius 3 is 2.89 bits per heavy atom. The van der Waals surface area contributed by atoms with E-state index in [-0.39, 0.29) is 5.91 Å². The number of nitrogens with zero attached hydrogens (tertiary/aromatic N) is 1. The molecule has 5 nitrogen and oxygen atoms in total. The number of ether oxygens (including phenoxy) is 1. The summed E-state index contributed by atoms with van der Waals surface area (Å²) in [5.74, 6) is 0.703. The van der Waals surface area contributed by atoms with Crippen molar-refractivity contribution in [1.82, 2.24) is 9.55 Å². The van der Waals surface area contributed by atoms with Gasteiger partial charge in [0.25, 0.3) is 0 Å². The molecule has 0 aliphatic carbocycles. The van der Waals surface area contributed by atoms with E-state index in [0.717, 1.165) is 22.7 Å². The van der Waals surface area contributed by atoms with Crippen molar-refractivity contribution in [2.24, 2.45) is 0 Å². The van der Waals surface area contributed by atoms with Crippen LogP contribution in [0.25, 0.3) is 5.69 Å². The van der Waals surface area contributed by atoms with E-state index < -0.39 is 0 Å². The summed E-state index contributed by atoms with van der Waals surface area (Å²) in [6, 6.07) is 13.1. The zero-order valence-corrected chi connectivity index (χ0v) is 16.4. The van der Waals surface area contributed by atoms with E-state index in [2.05, 4.69) is 10.3 Å². The number of aromatic nitrogens is 2. The van der Waals surface area contributed by atoms with E-state index >= 15 is 0 Å². The van der Waals surface area contributed by atoms with E-state index in [1.54, 1.807) is 6.20 Å². The minimum atomic E-state index is -0.0549. The third-order valence-corrected chi connectivity index (χ3v) is 4.74. The molecule has 140 valence electrons. The first-order chi connectivity index (χ1) is 13.0. The topological polar surface area (TPSA) is 59.0 Å². The highest BCUT2D eigenvalue weighted by atomic mass is 35.5. The number of halogens is 1. The van der Waals surface area contributed by atoms with Crippen LogP contribution in [0.3, 0.4) is 0 Å². The van der Waals surface area contributed by atoms with Crippen molar-refractivity contribution in [3.8, 4) is 11.4 Å². The molecule has 0 aliphatic heterocycles. The Bertz CT molecular complexity index is 997. The molecule has 0 atom stereocenters. The smallest absolute Gasteiger partial charge is 0.224 e. The van der Waals surface area contributed by atoms with Crippen LogP contribution in [0.15, 0.2) is 54.9 Å². The number of carbonyl (C=O) groups excluding carboxylic acids is 1. The second-order valence-electron chi connectivity index (χ2n) is 6.10. The first-order valence-corrected chi connectivity index (χ1v) is 9.37. The van der Waals surface area contributed by atoms with Crippen molar-refractivity contribution < 1.29 is 9.53 Å². The number of hydrogen-bond acceptors (Lipinski definition) is 3. The maximum absolute atomic E-state index is 12.2. The number of anilines is 1. The van der Waals surface area contributed by atoms with E-state index in [9.17, 15) is 4.79 Å². The fourth-order valence-electron chi connectivity index (χ4n) is 2.61. The summed E-state index contributed by atoms with van der Waals surface area (Å²) in [4.78, 5) is 15.1. The van der Waals surface area contributed by atoms with Gasteiger partial charge in [0, 0.05) is 35.2 Å². The second-order valence-corrected chi connectivity index (χ2v) is 6.89. The van der Waals surface area contributed by atoms with Crippen LogP contribution in [0, 0.1) is 11.7 Å². The molecule has 1 heterocycles. The largest absolute Gasteiger partial charge is 0.494 e. The highest BCUT2D eigenvalue weighted by molar-refractivity contribution is 7.71. The monoisotopic (exact) mass is 401 g/mol. The van der Waals surface area contributed by atoms with Gasteiger partial charge >= 0.3 is 0 Å². The number of nitrogens with one attached hydrogen (secondary N) is 2. The quantitative estimate of drug-likeness (QED) is 0.417. The number of aromatic amines is 1. The van der Waals surface area contributed by atoms with Gasteiger partial charge in [0.2, 0.25) is 5.91 Å². The molecule has 0 saturated carbocycles. The van der Waals surface area contributed by atoms with Gasteiger partial charge in [-0.3, -0.25) is 9.36 Å². The molecule has 3 aromatic rings. The molecule has 27 heavy (non-hydrogen) atoms. The van der Waals surface area contributed by atoms with Crippen molar-refractivity contribution in [2.45, 2.75) is 19.8 Å². The average Bonchev–Trinajstić information content (AvgIpc) is 3.08. The van der Waals surface area contributed by atoms with Crippen LogP contribution in [0.2, 0.25) is 5.02 Å². The van der Waals surface area contributed by atoms with Crippen molar-refractivity contribution in [2.75, 3.05) is 11.9 Å². The standard InChI is InChI=1S/C20H20ClN3O2S/c1-14-12-17(7-8-18(14)21)26-11-3-6-19(25)23-15-4-2-5-16(13-15)24-10-9-22-20(24)27/h2,4-5,7-10,12-13H,3,6,11H2,1H3,(H,22,27)(H,23,25). The molecule has 7 heteroatoms. The molecule has 0 bridgehead atoms. The van der Waals surface area contributed by atoms with Gasteiger partial charge in [-0.2, -0.15) is 0 Å². The van der Waals surface area contributed by atoms with Crippen LogP contribution in [0.4, 0.5) is 5.69 Å². The van der Waals surface area contributed by atoms with Gasteiger partial charge in [0.15, 0.2) is 4.77 Å². The third-order valence-electron chi connectivity index (χ3n) is 4.00. The van der Waals surface area contributed by atoms with Gasteiger partial charge in [-0.15, -0.1) is 0 Å². The first-order valence-electron chi connectivity index (χ1n) is 8.58. The van der Waals surface area contributed by atoms with Crippen LogP contribution in [-0.2, 0) is 4.79 Å². The lowest BCUT2D eigenvalue weighted by Crippen LogP contribution is -2.13. The van der Waals surface area contributed by atoms with Gasteiger partial charge in [-0.05, 0) is 67.5 Å². The van der Waals surface area contributed by atoms with Gasteiger partial charge < -0.3 is 15.0 Å². The summed E-state index contributed by atoms with van der Waals surface area (Å²) < 4.78 is 8.11. The van der Waals surface area contributed by atoms with Gasteiger partial charge in [0.1, 0.15) is 5.75 Å². The minimum Gasteiger partial charge on any atom is -0.494 e. The molecular weight excluding hydrogens is 382 g/mol. The Balaban J connectivity index is 1.49. The summed E-state index contributed by atoms with van der Waals surface area (Å²) >= 11 is 11.2. The van der Waals surface area contributed by atoms with Crippen LogP contribution >= 0.6 is 23.8 Å². The van der Waals surface area contributed by atoms with Crippen LogP contribution in [0.1, 0.15) is 18.4 Å². The average molecular weight is 402 g/mol. The van der Waals surface area contributed by atoms with Gasteiger partial charge in [-0.1, -0.05) is 17.7 Å². The molecule has 0 spiro atoms. The Morgan fingerprint density at radius 1 is 1.30 bits per heavy atom. The molecule has 2 aromatic carbocycles. The number of hydrogen-bond donors (Lipinski definition) is 2. The zero-order chi connectivity index (χ0) is 19.2. The summed E-state index contributed by atoms with van der Waals surface area (Å²) in [6.07, 6.45) is 4.62. The Hall–Kier alpha value is -2.57. The molecule has 0 radical (unpaired) electrons.